The highest BCUT2D eigenvalue weighted by molar-refractivity contribution is 6.34. The van der Waals surface area contributed by atoms with Gasteiger partial charge in [-0.15, -0.1) is 11.6 Å². The number of rotatable bonds is 4. The van der Waals surface area contributed by atoms with Gasteiger partial charge in [0, 0.05) is 12.3 Å². The fourth-order valence-electron chi connectivity index (χ4n) is 2.48. The number of imidazole rings is 1. The molecule has 0 spiro atoms. The molecule has 0 aliphatic heterocycles. The van der Waals surface area contributed by atoms with Crippen molar-refractivity contribution in [1.29, 1.82) is 0 Å². The van der Waals surface area contributed by atoms with E-state index in [0.717, 1.165) is 22.6 Å². The minimum Gasteiger partial charge on any atom is -0.467 e. The summed E-state index contributed by atoms with van der Waals surface area (Å²) in [6.07, 6.45) is 2.37. The number of hydrogen-bond acceptors (Lipinski definition) is 2. The van der Waals surface area contributed by atoms with Crippen molar-refractivity contribution in [3.05, 3.63) is 53.2 Å². The number of aryl methyl sites for hydroxylation is 1. The van der Waals surface area contributed by atoms with Crippen LogP contribution in [-0.2, 0) is 6.42 Å². The molecule has 0 aliphatic carbocycles. The van der Waals surface area contributed by atoms with E-state index in [1.807, 2.05) is 30.3 Å². The van der Waals surface area contributed by atoms with Crippen LogP contribution in [0.4, 0.5) is 0 Å². The molecule has 0 saturated carbocycles. The van der Waals surface area contributed by atoms with Crippen molar-refractivity contribution in [2.45, 2.75) is 19.4 Å². The van der Waals surface area contributed by atoms with Gasteiger partial charge in [0.2, 0.25) is 0 Å². The summed E-state index contributed by atoms with van der Waals surface area (Å²) in [5, 5.41) is 0.656. The molecule has 1 aromatic carbocycles. The second-order valence-corrected chi connectivity index (χ2v) is 5.42. The fourth-order valence-corrected chi connectivity index (χ4v) is 2.86. The Bertz CT molecular complexity index is 719. The Morgan fingerprint density at radius 2 is 2.15 bits per heavy atom. The molecule has 3 rings (SSSR count). The predicted molar refractivity (Wildman–Crippen MR) is 81.7 cm³/mol. The van der Waals surface area contributed by atoms with E-state index in [1.165, 1.54) is 0 Å². The van der Waals surface area contributed by atoms with E-state index in [9.17, 15) is 0 Å². The monoisotopic (exact) mass is 308 g/mol. The molecule has 1 unspecified atom stereocenters. The van der Waals surface area contributed by atoms with Crippen LogP contribution >= 0.6 is 23.2 Å². The quantitative estimate of drug-likeness (QED) is 0.656. The summed E-state index contributed by atoms with van der Waals surface area (Å²) in [5.41, 5.74) is 1.81. The molecule has 0 radical (unpaired) electrons. The maximum absolute atomic E-state index is 6.24. The average Bonchev–Trinajstić information content (AvgIpc) is 3.06. The van der Waals surface area contributed by atoms with Gasteiger partial charge in [-0.1, -0.05) is 17.7 Å². The first kappa shape index (κ1) is 13.5. The number of hydrogen-bond donors (Lipinski definition) is 0. The van der Waals surface area contributed by atoms with Crippen LogP contribution in [-0.4, -0.2) is 15.4 Å². The highest BCUT2D eigenvalue weighted by Gasteiger charge is 2.19. The first-order valence-electron chi connectivity index (χ1n) is 6.47. The number of alkyl halides is 1. The van der Waals surface area contributed by atoms with Crippen LogP contribution in [0.25, 0.3) is 11.0 Å². The zero-order chi connectivity index (χ0) is 14.1. The summed E-state index contributed by atoms with van der Waals surface area (Å²) in [6, 6.07) is 9.70. The Balaban J connectivity index is 2.21. The molecule has 0 fully saturated rings. The molecule has 0 bridgehead atoms. The molecule has 20 heavy (non-hydrogen) atoms. The van der Waals surface area contributed by atoms with Crippen molar-refractivity contribution < 1.29 is 4.42 Å². The van der Waals surface area contributed by atoms with E-state index >= 15 is 0 Å². The summed E-state index contributed by atoms with van der Waals surface area (Å²) >= 11 is 12.1. The highest BCUT2D eigenvalue weighted by atomic mass is 35.5. The van der Waals surface area contributed by atoms with Crippen molar-refractivity contribution in [3.8, 4) is 0 Å². The first-order chi connectivity index (χ1) is 9.72. The Labute approximate surface area is 127 Å². The van der Waals surface area contributed by atoms with Crippen LogP contribution in [0.2, 0.25) is 5.02 Å². The SMILES string of the molecule is CC(c1ccco1)n1c(CCCl)nc2c(Cl)cccc21. The molecule has 5 heteroatoms. The van der Waals surface area contributed by atoms with Gasteiger partial charge in [0.1, 0.15) is 17.1 Å². The number of halogens is 2. The molecule has 0 N–H and O–H groups in total. The van der Waals surface area contributed by atoms with Crippen LogP contribution in [0.1, 0.15) is 24.6 Å². The van der Waals surface area contributed by atoms with Gasteiger partial charge >= 0.3 is 0 Å². The summed E-state index contributed by atoms with van der Waals surface area (Å²) < 4.78 is 7.66. The summed E-state index contributed by atoms with van der Waals surface area (Å²) in [6.45, 7) is 2.08. The van der Waals surface area contributed by atoms with Gasteiger partial charge in [0.05, 0.1) is 22.8 Å². The second-order valence-electron chi connectivity index (χ2n) is 4.64. The molecule has 0 amide bonds. The largest absolute Gasteiger partial charge is 0.467 e. The molecular weight excluding hydrogens is 295 g/mol. The lowest BCUT2D eigenvalue weighted by Gasteiger charge is -2.15. The Morgan fingerprint density at radius 1 is 1.30 bits per heavy atom. The standard InChI is InChI=1S/C15H14Cl2N2O/c1-10(13-6-3-9-20-13)19-12-5-2-4-11(17)15(12)18-14(19)7-8-16/h2-6,9-10H,7-8H2,1H3. The molecule has 0 aliphatic rings. The smallest absolute Gasteiger partial charge is 0.126 e. The van der Waals surface area contributed by atoms with E-state index in [1.54, 1.807) is 6.26 Å². The van der Waals surface area contributed by atoms with Gasteiger partial charge in [-0.3, -0.25) is 0 Å². The van der Waals surface area contributed by atoms with Crippen molar-refractivity contribution in [2.24, 2.45) is 0 Å². The lowest BCUT2D eigenvalue weighted by atomic mass is 10.2. The predicted octanol–water partition coefficient (Wildman–Crippen LogP) is 4.67. The zero-order valence-electron chi connectivity index (χ0n) is 11.0. The van der Waals surface area contributed by atoms with Crippen molar-refractivity contribution in [2.75, 3.05) is 5.88 Å². The van der Waals surface area contributed by atoms with Gasteiger partial charge in [-0.25, -0.2) is 4.98 Å². The topological polar surface area (TPSA) is 31.0 Å². The lowest BCUT2D eigenvalue weighted by Crippen LogP contribution is -2.10. The lowest BCUT2D eigenvalue weighted by molar-refractivity contribution is 0.445. The Hall–Kier alpha value is -1.45. The number of aromatic nitrogens is 2. The van der Waals surface area contributed by atoms with Crippen LogP contribution < -0.4 is 0 Å². The van der Waals surface area contributed by atoms with E-state index < -0.39 is 0 Å². The molecule has 2 aromatic heterocycles. The number of benzene rings is 1. The van der Waals surface area contributed by atoms with E-state index in [-0.39, 0.29) is 6.04 Å². The van der Waals surface area contributed by atoms with Crippen molar-refractivity contribution >= 4 is 34.2 Å². The van der Waals surface area contributed by atoms with E-state index in [2.05, 4.69) is 16.5 Å². The van der Waals surface area contributed by atoms with Gasteiger partial charge in [-0.05, 0) is 31.2 Å². The summed E-state index contributed by atoms with van der Waals surface area (Å²) in [7, 11) is 0. The third-order valence-electron chi connectivity index (χ3n) is 3.40. The van der Waals surface area contributed by atoms with Crippen LogP contribution in [0.15, 0.2) is 41.0 Å². The maximum Gasteiger partial charge on any atom is 0.126 e. The molecule has 1 atom stereocenters. The fraction of sp³-hybridized carbons (Fsp3) is 0.267. The first-order valence-corrected chi connectivity index (χ1v) is 7.38. The molecule has 2 heterocycles. The summed E-state index contributed by atoms with van der Waals surface area (Å²) in [4.78, 5) is 4.64. The zero-order valence-corrected chi connectivity index (χ0v) is 12.5. The Morgan fingerprint density at radius 3 is 2.85 bits per heavy atom. The number of nitrogens with zero attached hydrogens (tertiary/aromatic N) is 2. The third-order valence-corrected chi connectivity index (χ3v) is 3.90. The molecule has 104 valence electrons. The van der Waals surface area contributed by atoms with Crippen LogP contribution in [0.5, 0.6) is 0 Å². The van der Waals surface area contributed by atoms with Gasteiger partial charge in [0.15, 0.2) is 0 Å². The number of furan rings is 1. The van der Waals surface area contributed by atoms with Gasteiger partial charge in [0.25, 0.3) is 0 Å². The highest BCUT2D eigenvalue weighted by Crippen LogP contribution is 2.30. The third kappa shape index (κ3) is 2.21. The number of para-hydroxylation sites is 1. The normalized spacial score (nSPS) is 12.9. The molecule has 3 nitrogen and oxygen atoms in total. The van der Waals surface area contributed by atoms with E-state index in [4.69, 9.17) is 27.6 Å². The van der Waals surface area contributed by atoms with E-state index in [0.29, 0.717) is 17.3 Å². The van der Waals surface area contributed by atoms with Gasteiger partial charge < -0.3 is 8.98 Å². The van der Waals surface area contributed by atoms with Crippen molar-refractivity contribution in [1.82, 2.24) is 9.55 Å². The number of fused-ring (bicyclic) bond motifs is 1. The second kappa shape index (κ2) is 5.51. The Kier molecular flexibility index (Phi) is 3.72. The molecule has 3 aromatic rings. The summed E-state index contributed by atoms with van der Waals surface area (Å²) in [5.74, 6) is 2.33. The van der Waals surface area contributed by atoms with Gasteiger partial charge in [-0.2, -0.15) is 0 Å². The minimum absolute atomic E-state index is 0.0479. The van der Waals surface area contributed by atoms with Crippen molar-refractivity contribution in [3.63, 3.8) is 0 Å². The maximum atomic E-state index is 6.24. The average molecular weight is 309 g/mol. The van der Waals surface area contributed by atoms with Crippen LogP contribution in [0.3, 0.4) is 0 Å². The van der Waals surface area contributed by atoms with Crippen LogP contribution in [0, 0.1) is 0 Å². The molecular formula is C15H14Cl2N2O. The minimum atomic E-state index is 0.0479. The molecule has 0 saturated heterocycles.